The number of fused-ring (bicyclic) bond motifs is 1. The summed E-state index contributed by atoms with van der Waals surface area (Å²) >= 11 is 1.91. The van der Waals surface area contributed by atoms with Crippen LogP contribution >= 0.6 is 11.8 Å². The molecule has 2 saturated heterocycles. The van der Waals surface area contributed by atoms with Gasteiger partial charge in [0.15, 0.2) is 0 Å². The van der Waals surface area contributed by atoms with Crippen molar-refractivity contribution in [2.45, 2.75) is 43.0 Å². The van der Waals surface area contributed by atoms with E-state index < -0.39 is 0 Å². The summed E-state index contributed by atoms with van der Waals surface area (Å²) in [5.74, 6) is 1.000. The zero-order valence-corrected chi connectivity index (χ0v) is 12.3. The summed E-state index contributed by atoms with van der Waals surface area (Å²) in [5, 5.41) is 6.39. The molecule has 7 heteroatoms. The molecule has 0 saturated carbocycles. The first-order chi connectivity index (χ1) is 9.70. The molecule has 112 valence electrons. The van der Waals surface area contributed by atoms with E-state index in [1.807, 2.05) is 11.8 Å². The summed E-state index contributed by atoms with van der Waals surface area (Å²) in [7, 11) is 0. The van der Waals surface area contributed by atoms with Crippen LogP contribution in [0.1, 0.15) is 25.7 Å². The van der Waals surface area contributed by atoms with E-state index in [0.717, 1.165) is 25.0 Å². The van der Waals surface area contributed by atoms with Crippen LogP contribution in [0.3, 0.4) is 0 Å². The molecule has 20 heavy (non-hydrogen) atoms. The van der Waals surface area contributed by atoms with Gasteiger partial charge in [-0.05, 0) is 12.8 Å². The minimum absolute atomic E-state index is 0.0136. The monoisotopic (exact) mass is 298 g/mol. The Kier molecular flexibility index (Phi) is 5.72. The van der Waals surface area contributed by atoms with E-state index in [-0.39, 0.29) is 24.0 Å². The summed E-state index contributed by atoms with van der Waals surface area (Å²) in [6, 6.07) is 0.498. The average molecular weight is 298 g/mol. The van der Waals surface area contributed by atoms with Crippen molar-refractivity contribution in [3.63, 3.8) is 0 Å². The van der Waals surface area contributed by atoms with Crippen molar-refractivity contribution in [1.82, 2.24) is 21.5 Å². The van der Waals surface area contributed by atoms with Gasteiger partial charge in [-0.2, -0.15) is 11.8 Å². The van der Waals surface area contributed by atoms with Gasteiger partial charge in [0.1, 0.15) is 0 Å². The molecule has 0 bridgehead atoms. The van der Waals surface area contributed by atoms with Gasteiger partial charge in [0.2, 0.25) is 5.91 Å². The first-order valence-electron chi connectivity index (χ1n) is 7.02. The van der Waals surface area contributed by atoms with Gasteiger partial charge < -0.3 is 10.6 Å². The van der Waals surface area contributed by atoms with E-state index in [9.17, 15) is 9.59 Å². The largest absolute Gasteiger partial charge is 0.332 e. The highest BCUT2D eigenvalue weighted by Gasteiger charge is 2.42. The number of thioether (sulfide) groups is 1. The number of hydrogen-bond acceptors (Lipinski definition) is 4. The van der Waals surface area contributed by atoms with Crippen LogP contribution in [0, 0.1) is 0 Å². The summed E-state index contributed by atoms with van der Waals surface area (Å²) < 4.78 is 0. The molecule has 0 spiro atoms. The fraction of sp³-hybridized carbons (Fsp3) is 0.692. The third kappa shape index (κ3) is 4.14. The Bertz CT molecular complexity index is 377. The number of amides is 3. The second-order valence-corrected chi connectivity index (χ2v) is 6.36. The van der Waals surface area contributed by atoms with Crippen molar-refractivity contribution in [2.24, 2.45) is 0 Å². The quantitative estimate of drug-likeness (QED) is 0.228. The molecule has 2 fully saturated rings. The summed E-state index contributed by atoms with van der Waals surface area (Å²) in [5.41, 5.74) is 5.40. The highest BCUT2D eigenvalue weighted by atomic mass is 32.2. The van der Waals surface area contributed by atoms with Crippen molar-refractivity contribution < 1.29 is 9.59 Å². The van der Waals surface area contributed by atoms with E-state index >= 15 is 0 Å². The van der Waals surface area contributed by atoms with Crippen LogP contribution in [0.2, 0.25) is 0 Å². The lowest BCUT2D eigenvalue weighted by molar-refractivity contribution is -0.122. The Hall–Kier alpha value is -1.21. The van der Waals surface area contributed by atoms with E-state index in [1.54, 1.807) is 6.08 Å². The number of unbranched alkanes of at least 4 members (excludes halogenated alkanes) is 1. The van der Waals surface area contributed by atoms with E-state index in [0.29, 0.717) is 18.2 Å². The first kappa shape index (κ1) is 15.2. The number of nitrogens with one attached hydrogen (secondary N) is 4. The van der Waals surface area contributed by atoms with Crippen LogP contribution in [0.4, 0.5) is 4.79 Å². The lowest BCUT2D eigenvalue weighted by Gasteiger charge is -2.16. The lowest BCUT2D eigenvalue weighted by Crippen LogP contribution is -2.37. The smallest absolute Gasteiger partial charge is 0.315 e. The van der Waals surface area contributed by atoms with Crippen LogP contribution in [0.25, 0.3) is 0 Å². The predicted molar refractivity (Wildman–Crippen MR) is 80.3 cm³/mol. The molecule has 0 unspecified atom stereocenters. The molecule has 4 N–H and O–H groups in total. The number of urea groups is 1. The standard InChI is InChI=1S/C13H22N4O2S/c1-2-7-14-17-11(18)6-4-3-5-10-12-9(8-20-10)15-13(19)16-12/h2,9-10,12,14H,1,3-8H2,(H,17,18)(H2,15,16,19)/t9-,10-,12-/m0/s1. The molecule has 2 aliphatic heterocycles. The fourth-order valence-corrected chi connectivity index (χ4v) is 4.10. The molecule has 2 rings (SSSR count). The van der Waals surface area contributed by atoms with E-state index in [4.69, 9.17) is 0 Å². The Morgan fingerprint density at radius 3 is 3.10 bits per heavy atom. The Morgan fingerprint density at radius 1 is 1.45 bits per heavy atom. The Labute approximate surface area is 123 Å². The zero-order valence-electron chi connectivity index (χ0n) is 11.5. The van der Waals surface area contributed by atoms with Crippen LogP contribution in [0.5, 0.6) is 0 Å². The van der Waals surface area contributed by atoms with Gasteiger partial charge in [-0.1, -0.05) is 12.5 Å². The number of carbonyl (C=O) groups is 2. The van der Waals surface area contributed by atoms with E-state index in [2.05, 4.69) is 28.1 Å². The molecule has 3 amide bonds. The van der Waals surface area contributed by atoms with Crippen LogP contribution < -0.4 is 21.5 Å². The number of carbonyl (C=O) groups excluding carboxylic acids is 2. The Balaban J connectivity index is 1.56. The molecule has 0 aromatic carbocycles. The molecule has 0 aromatic rings. The molecule has 6 nitrogen and oxygen atoms in total. The molecular formula is C13H22N4O2S. The molecule has 0 aliphatic carbocycles. The average Bonchev–Trinajstić information content (AvgIpc) is 2.95. The molecule has 2 aliphatic rings. The van der Waals surface area contributed by atoms with Crippen molar-refractivity contribution >= 4 is 23.7 Å². The highest BCUT2D eigenvalue weighted by Crippen LogP contribution is 2.33. The Morgan fingerprint density at radius 2 is 2.30 bits per heavy atom. The summed E-state index contributed by atoms with van der Waals surface area (Å²) in [4.78, 5) is 22.7. The third-order valence-electron chi connectivity index (χ3n) is 3.55. The van der Waals surface area contributed by atoms with E-state index in [1.165, 1.54) is 0 Å². The van der Waals surface area contributed by atoms with Gasteiger partial charge in [-0.3, -0.25) is 10.2 Å². The van der Waals surface area contributed by atoms with Gasteiger partial charge in [0.25, 0.3) is 0 Å². The van der Waals surface area contributed by atoms with Crippen molar-refractivity contribution in [3.05, 3.63) is 12.7 Å². The van der Waals surface area contributed by atoms with Crippen LogP contribution in [-0.2, 0) is 4.79 Å². The SMILES string of the molecule is C=CCNNC(=O)CCCC[C@@H]1SC[C@@H]2NC(=O)N[C@@H]21. The number of rotatable bonds is 8. The maximum atomic E-state index is 11.5. The third-order valence-corrected chi connectivity index (χ3v) is 5.06. The maximum Gasteiger partial charge on any atom is 0.315 e. The molecule has 0 radical (unpaired) electrons. The van der Waals surface area contributed by atoms with Gasteiger partial charge in [0, 0.05) is 24.0 Å². The van der Waals surface area contributed by atoms with Crippen LogP contribution in [0.15, 0.2) is 12.7 Å². The second kappa shape index (κ2) is 7.54. The maximum absolute atomic E-state index is 11.5. The minimum Gasteiger partial charge on any atom is -0.332 e. The van der Waals surface area contributed by atoms with Crippen LogP contribution in [-0.4, -0.2) is 41.6 Å². The molecule has 0 aromatic heterocycles. The van der Waals surface area contributed by atoms with Gasteiger partial charge in [-0.25, -0.2) is 10.2 Å². The van der Waals surface area contributed by atoms with Crippen molar-refractivity contribution in [2.75, 3.05) is 12.3 Å². The molecule has 2 heterocycles. The predicted octanol–water partition coefficient (Wildman–Crippen LogP) is 0.519. The second-order valence-electron chi connectivity index (χ2n) is 5.09. The topological polar surface area (TPSA) is 82.3 Å². The van der Waals surface area contributed by atoms with Gasteiger partial charge >= 0.3 is 6.03 Å². The van der Waals surface area contributed by atoms with Crippen molar-refractivity contribution in [1.29, 1.82) is 0 Å². The summed E-state index contributed by atoms with van der Waals surface area (Å²) in [6.07, 6.45) is 5.14. The highest BCUT2D eigenvalue weighted by molar-refractivity contribution is 8.00. The van der Waals surface area contributed by atoms with Crippen molar-refractivity contribution in [3.8, 4) is 0 Å². The lowest BCUT2D eigenvalue weighted by atomic mass is 10.0. The summed E-state index contributed by atoms with van der Waals surface area (Å²) in [6.45, 7) is 4.13. The van der Waals surface area contributed by atoms with Gasteiger partial charge in [-0.15, -0.1) is 6.58 Å². The molecule has 3 atom stereocenters. The normalized spacial score (nSPS) is 27.6. The van der Waals surface area contributed by atoms with Gasteiger partial charge in [0.05, 0.1) is 12.1 Å². The zero-order chi connectivity index (χ0) is 14.4. The first-order valence-corrected chi connectivity index (χ1v) is 8.07. The molecular weight excluding hydrogens is 276 g/mol. The fourth-order valence-electron chi connectivity index (χ4n) is 2.56. The number of hydrazine groups is 1. The minimum atomic E-state index is -0.0435. The number of hydrogen-bond donors (Lipinski definition) is 4.